The smallest absolute Gasteiger partial charge is 0.347 e. The van der Waals surface area contributed by atoms with Crippen molar-refractivity contribution in [2.75, 3.05) is 5.32 Å². The molecule has 0 heterocycles. The second-order valence-corrected chi connectivity index (χ2v) is 7.15. The molecular weight excluding hydrogens is 378 g/mol. The summed E-state index contributed by atoms with van der Waals surface area (Å²) in [6.45, 7) is 5.80. The van der Waals surface area contributed by atoms with Crippen molar-refractivity contribution in [2.24, 2.45) is 0 Å². The fourth-order valence-corrected chi connectivity index (χ4v) is 2.93. The van der Waals surface area contributed by atoms with Crippen molar-refractivity contribution in [1.82, 2.24) is 0 Å². The van der Waals surface area contributed by atoms with Crippen molar-refractivity contribution in [3.05, 3.63) is 95.1 Å². The van der Waals surface area contributed by atoms with E-state index >= 15 is 0 Å². The van der Waals surface area contributed by atoms with Gasteiger partial charge in [0.25, 0.3) is 5.91 Å². The number of hydrogen-bond acceptors (Lipinski definition) is 4. The van der Waals surface area contributed by atoms with Gasteiger partial charge in [0.05, 0.1) is 0 Å². The summed E-state index contributed by atoms with van der Waals surface area (Å²) in [5.41, 5.74) is 4.34. The molecule has 154 valence electrons. The van der Waals surface area contributed by atoms with Gasteiger partial charge < -0.3 is 14.8 Å². The minimum atomic E-state index is -0.761. The van der Waals surface area contributed by atoms with E-state index in [4.69, 9.17) is 9.47 Å². The lowest BCUT2D eigenvalue weighted by atomic mass is 10.1. The molecule has 1 N–H and O–H groups in total. The molecule has 0 spiro atoms. The molecular formula is C25H25NO4. The van der Waals surface area contributed by atoms with E-state index in [2.05, 4.69) is 5.32 Å². The summed E-state index contributed by atoms with van der Waals surface area (Å²) in [6, 6.07) is 22.0. The van der Waals surface area contributed by atoms with Gasteiger partial charge in [0.1, 0.15) is 12.4 Å². The summed E-state index contributed by atoms with van der Waals surface area (Å²) in [6.07, 6.45) is -0.761. The highest BCUT2D eigenvalue weighted by molar-refractivity contribution is 6.04. The Labute approximate surface area is 176 Å². The Hall–Kier alpha value is -3.60. The number of carbonyl (C=O) groups excluding carboxylic acids is 2. The minimum Gasteiger partial charge on any atom is -0.479 e. The van der Waals surface area contributed by atoms with Crippen LogP contribution in [-0.4, -0.2) is 18.0 Å². The maximum Gasteiger partial charge on any atom is 0.347 e. The fraction of sp³-hybridized carbons (Fsp3) is 0.200. The van der Waals surface area contributed by atoms with Gasteiger partial charge in [-0.1, -0.05) is 48.0 Å². The van der Waals surface area contributed by atoms with E-state index in [0.29, 0.717) is 11.3 Å². The summed E-state index contributed by atoms with van der Waals surface area (Å²) >= 11 is 0. The number of ether oxygens (including phenoxy) is 2. The van der Waals surface area contributed by atoms with Crippen LogP contribution in [0.4, 0.5) is 5.69 Å². The van der Waals surface area contributed by atoms with Gasteiger partial charge in [-0.2, -0.15) is 0 Å². The number of benzene rings is 3. The maximum absolute atomic E-state index is 12.5. The first-order valence-corrected chi connectivity index (χ1v) is 9.78. The lowest BCUT2D eigenvalue weighted by Gasteiger charge is -2.14. The first-order valence-electron chi connectivity index (χ1n) is 9.78. The van der Waals surface area contributed by atoms with Crippen molar-refractivity contribution in [3.8, 4) is 5.75 Å². The normalized spacial score (nSPS) is 11.4. The van der Waals surface area contributed by atoms with Crippen molar-refractivity contribution in [2.45, 2.75) is 33.5 Å². The fourth-order valence-electron chi connectivity index (χ4n) is 2.93. The predicted molar refractivity (Wildman–Crippen MR) is 117 cm³/mol. The molecule has 3 rings (SSSR count). The maximum atomic E-state index is 12.5. The quantitative estimate of drug-likeness (QED) is 0.560. The highest BCUT2D eigenvalue weighted by atomic mass is 16.6. The third-order valence-electron chi connectivity index (χ3n) is 4.62. The standard InChI is InChI=1S/C25H25NO4/c1-17-9-14-23(18(2)15-17)26-24(27)21-10-12-22(13-11-21)30-19(3)25(28)29-16-20-7-5-4-6-8-20/h4-15,19H,16H2,1-3H3,(H,26,27)/t19-/m1/s1. The number of hydrogen-bond donors (Lipinski definition) is 1. The second kappa shape index (κ2) is 9.74. The molecule has 0 unspecified atom stereocenters. The van der Waals surface area contributed by atoms with E-state index in [9.17, 15) is 9.59 Å². The zero-order valence-electron chi connectivity index (χ0n) is 17.3. The number of carbonyl (C=O) groups is 2. The largest absolute Gasteiger partial charge is 0.479 e. The van der Waals surface area contributed by atoms with Crippen molar-refractivity contribution >= 4 is 17.6 Å². The third-order valence-corrected chi connectivity index (χ3v) is 4.62. The van der Waals surface area contributed by atoms with Crippen LogP contribution in [0.1, 0.15) is 34.0 Å². The predicted octanol–water partition coefficient (Wildman–Crippen LogP) is 5.07. The van der Waals surface area contributed by atoms with Crippen LogP contribution in [0.3, 0.4) is 0 Å². The molecule has 0 aliphatic heterocycles. The molecule has 0 aromatic heterocycles. The molecule has 0 saturated carbocycles. The molecule has 5 heteroatoms. The number of rotatable bonds is 7. The zero-order valence-corrected chi connectivity index (χ0v) is 17.3. The highest BCUT2D eigenvalue weighted by Gasteiger charge is 2.17. The van der Waals surface area contributed by atoms with Gasteiger partial charge in [-0.05, 0) is 62.2 Å². The van der Waals surface area contributed by atoms with Crippen LogP contribution in [0.25, 0.3) is 0 Å². The lowest BCUT2D eigenvalue weighted by molar-refractivity contribution is -0.152. The lowest BCUT2D eigenvalue weighted by Crippen LogP contribution is -2.26. The average molecular weight is 403 g/mol. The molecule has 0 radical (unpaired) electrons. The van der Waals surface area contributed by atoms with Crippen LogP contribution in [0.15, 0.2) is 72.8 Å². The van der Waals surface area contributed by atoms with Gasteiger partial charge in [-0.3, -0.25) is 4.79 Å². The second-order valence-electron chi connectivity index (χ2n) is 7.15. The molecule has 30 heavy (non-hydrogen) atoms. The number of amides is 1. The monoisotopic (exact) mass is 403 g/mol. The summed E-state index contributed by atoms with van der Waals surface area (Å²) in [5.74, 6) is -0.165. The summed E-state index contributed by atoms with van der Waals surface area (Å²) in [5, 5.41) is 2.91. The van der Waals surface area contributed by atoms with E-state index in [0.717, 1.165) is 22.4 Å². The van der Waals surface area contributed by atoms with E-state index in [1.54, 1.807) is 31.2 Å². The first kappa shape index (κ1) is 21.1. The van der Waals surface area contributed by atoms with Gasteiger partial charge in [0, 0.05) is 11.3 Å². The number of anilines is 1. The van der Waals surface area contributed by atoms with Crippen molar-refractivity contribution in [3.63, 3.8) is 0 Å². The Morgan fingerprint density at radius 3 is 2.30 bits per heavy atom. The summed E-state index contributed by atoms with van der Waals surface area (Å²) < 4.78 is 10.9. The first-order chi connectivity index (χ1) is 14.4. The van der Waals surface area contributed by atoms with Gasteiger partial charge >= 0.3 is 5.97 Å². The Morgan fingerprint density at radius 2 is 1.63 bits per heavy atom. The summed E-state index contributed by atoms with van der Waals surface area (Å²) in [7, 11) is 0. The van der Waals surface area contributed by atoms with Crippen LogP contribution < -0.4 is 10.1 Å². The van der Waals surface area contributed by atoms with E-state index in [-0.39, 0.29) is 12.5 Å². The van der Waals surface area contributed by atoms with Crippen LogP contribution in [0.2, 0.25) is 0 Å². The molecule has 0 saturated heterocycles. The summed E-state index contributed by atoms with van der Waals surface area (Å²) in [4.78, 5) is 24.6. The molecule has 5 nitrogen and oxygen atoms in total. The van der Waals surface area contributed by atoms with E-state index < -0.39 is 12.1 Å². The van der Waals surface area contributed by atoms with Gasteiger partial charge in [-0.15, -0.1) is 0 Å². The highest BCUT2D eigenvalue weighted by Crippen LogP contribution is 2.19. The Morgan fingerprint density at radius 1 is 0.933 bits per heavy atom. The molecule has 0 bridgehead atoms. The molecule has 0 aliphatic rings. The van der Waals surface area contributed by atoms with Gasteiger partial charge in [-0.25, -0.2) is 4.79 Å². The third kappa shape index (κ3) is 5.70. The van der Waals surface area contributed by atoms with E-state index in [1.165, 1.54) is 0 Å². The minimum absolute atomic E-state index is 0.199. The van der Waals surface area contributed by atoms with Gasteiger partial charge in [0.15, 0.2) is 6.10 Å². The molecule has 0 fully saturated rings. The molecule has 1 atom stereocenters. The molecule has 0 aliphatic carbocycles. The molecule has 3 aromatic rings. The van der Waals surface area contributed by atoms with Crippen molar-refractivity contribution in [1.29, 1.82) is 0 Å². The van der Waals surface area contributed by atoms with Crippen LogP contribution in [0, 0.1) is 13.8 Å². The molecule has 1 amide bonds. The zero-order chi connectivity index (χ0) is 21.5. The van der Waals surface area contributed by atoms with Crippen LogP contribution in [-0.2, 0) is 16.1 Å². The SMILES string of the molecule is Cc1ccc(NC(=O)c2ccc(O[C@H](C)C(=O)OCc3ccccc3)cc2)c(C)c1. The Balaban J connectivity index is 1.54. The van der Waals surface area contributed by atoms with E-state index in [1.807, 2.05) is 62.4 Å². The van der Waals surface area contributed by atoms with Crippen molar-refractivity contribution < 1.29 is 19.1 Å². The number of aryl methyl sites for hydroxylation is 2. The Kier molecular flexibility index (Phi) is 6.86. The average Bonchev–Trinajstić information content (AvgIpc) is 2.75. The topological polar surface area (TPSA) is 64.6 Å². The Bertz CT molecular complexity index is 1010. The van der Waals surface area contributed by atoms with Gasteiger partial charge in [0.2, 0.25) is 0 Å². The number of esters is 1. The van der Waals surface area contributed by atoms with Crippen LogP contribution >= 0.6 is 0 Å². The molecule has 3 aromatic carbocycles. The number of nitrogens with one attached hydrogen (secondary N) is 1. The van der Waals surface area contributed by atoms with Crippen LogP contribution in [0.5, 0.6) is 5.75 Å².